The minimum absolute atomic E-state index is 0.102. The van der Waals surface area contributed by atoms with Crippen LogP contribution in [-0.4, -0.2) is 0 Å². The zero-order valence-electron chi connectivity index (χ0n) is 51.4. The Kier molecular flexibility index (Phi) is 16.3. The second kappa shape index (κ2) is 26.5. The molecule has 15 rings (SSSR count). The lowest BCUT2D eigenvalue weighted by Crippen LogP contribution is -2.12. The maximum atomic E-state index is 2.40. The predicted molar refractivity (Wildman–Crippen MR) is 393 cm³/mol. The van der Waals surface area contributed by atoms with E-state index >= 15 is 0 Å². The van der Waals surface area contributed by atoms with E-state index < -0.39 is 0 Å². The molecule has 0 saturated heterocycles. The molecule has 1 unspecified atom stereocenters. The molecule has 4 nitrogen and oxygen atoms in total. The highest BCUT2D eigenvalue weighted by Gasteiger charge is 2.23. The van der Waals surface area contributed by atoms with Crippen LogP contribution in [0, 0.1) is 0 Å². The molecule has 0 spiro atoms. The third-order valence-corrected chi connectivity index (χ3v) is 17.5. The maximum Gasteiger partial charge on any atom is 0.0464 e. The topological polar surface area (TPSA) is 13.0 Å². The van der Waals surface area contributed by atoms with Gasteiger partial charge in [0.25, 0.3) is 0 Å². The van der Waals surface area contributed by atoms with E-state index in [0.29, 0.717) is 0 Å². The quantitative estimate of drug-likeness (QED) is 0.0794. The lowest BCUT2D eigenvalue weighted by molar-refractivity contribution is 0.975. The average Bonchev–Trinajstić information content (AvgIpc) is 1.37. The molecule has 93 heavy (non-hydrogen) atoms. The second-order valence-corrected chi connectivity index (χ2v) is 23.3. The van der Waals surface area contributed by atoms with Crippen molar-refractivity contribution in [3.63, 3.8) is 0 Å². The first-order valence-electron chi connectivity index (χ1n) is 31.8. The molecular formula is C89H66N4. The third kappa shape index (κ3) is 12.2. The van der Waals surface area contributed by atoms with Crippen molar-refractivity contribution in [1.82, 2.24) is 0 Å². The Morgan fingerprint density at radius 1 is 0.161 bits per heavy atom. The number of anilines is 12. The molecule has 0 aliphatic heterocycles. The molecule has 0 aliphatic rings. The van der Waals surface area contributed by atoms with Gasteiger partial charge in [-0.15, -0.1) is 0 Å². The van der Waals surface area contributed by atoms with E-state index in [4.69, 9.17) is 0 Å². The summed E-state index contributed by atoms with van der Waals surface area (Å²) in [6.07, 6.45) is 0. The van der Waals surface area contributed by atoms with Crippen molar-refractivity contribution in [3.8, 4) is 33.4 Å². The van der Waals surface area contributed by atoms with Crippen LogP contribution in [0.25, 0.3) is 44.2 Å². The molecule has 0 fully saturated rings. The monoisotopic (exact) mass is 1190 g/mol. The van der Waals surface area contributed by atoms with Crippen LogP contribution in [0.3, 0.4) is 0 Å². The van der Waals surface area contributed by atoms with Crippen LogP contribution in [0.1, 0.15) is 22.6 Å². The van der Waals surface area contributed by atoms with Gasteiger partial charge in [-0.05, 0) is 206 Å². The van der Waals surface area contributed by atoms with Crippen molar-refractivity contribution >= 4 is 79.0 Å². The van der Waals surface area contributed by atoms with E-state index in [-0.39, 0.29) is 5.92 Å². The van der Waals surface area contributed by atoms with E-state index in [2.05, 4.69) is 414 Å². The van der Waals surface area contributed by atoms with Gasteiger partial charge in [-0.2, -0.15) is 0 Å². The van der Waals surface area contributed by atoms with Crippen LogP contribution in [0.15, 0.2) is 394 Å². The zero-order valence-corrected chi connectivity index (χ0v) is 51.4. The number of benzene rings is 15. The van der Waals surface area contributed by atoms with Gasteiger partial charge in [0, 0.05) is 74.2 Å². The van der Waals surface area contributed by atoms with Crippen molar-refractivity contribution in [2.24, 2.45) is 0 Å². The molecule has 15 aromatic rings. The number of nitrogens with zero attached hydrogens (tertiary/aromatic N) is 4. The van der Waals surface area contributed by atoms with Gasteiger partial charge in [0.05, 0.1) is 0 Å². The van der Waals surface area contributed by atoms with Crippen LogP contribution < -0.4 is 19.6 Å². The molecule has 0 heterocycles. The third-order valence-electron chi connectivity index (χ3n) is 17.5. The van der Waals surface area contributed by atoms with Crippen molar-refractivity contribution in [2.75, 3.05) is 19.6 Å². The van der Waals surface area contributed by atoms with Gasteiger partial charge in [-0.3, -0.25) is 0 Å². The number of para-hydroxylation sites is 5. The molecule has 4 heteroatoms. The van der Waals surface area contributed by atoms with Crippen molar-refractivity contribution < 1.29 is 0 Å². The Morgan fingerprint density at radius 2 is 0.398 bits per heavy atom. The molecule has 0 amide bonds. The smallest absolute Gasteiger partial charge is 0.0464 e. The normalized spacial score (nSPS) is 11.4. The van der Waals surface area contributed by atoms with Crippen LogP contribution in [0.2, 0.25) is 0 Å². The summed E-state index contributed by atoms with van der Waals surface area (Å²) in [7, 11) is 0. The molecule has 15 aromatic carbocycles. The first-order valence-corrected chi connectivity index (χ1v) is 31.8. The Hall–Kier alpha value is -12.2. The highest BCUT2D eigenvalue weighted by atomic mass is 15.2. The molecule has 0 bridgehead atoms. The maximum absolute atomic E-state index is 2.40. The minimum atomic E-state index is -0.102. The van der Waals surface area contributed by atoms with Gasteiger partial charge < -0.3 is 19.6 Å². The van der Waals surface area contributed by atoms with Gasteiger partial charge in [0.1, 0.15) is 0 Å². The van der Waals surface area contributed by atoms with E-state index in [1.807, 2.05) is 0 Å². The van der Waals surface area contributed by atoms with Gasteiger partial charge in [0.2, 0.25) is 0 Å². The van der Waals surface area contributed by atoms with Crippen molar-refractivity contribution in [3.05, 3.63) is 411 Å². The summed E-state index contributed by atoms with van der Waals surface area (Å²) < 4.78 is 0. The van der Waals surface area contributed by atoms with Gasteiger partial charge in [0.15, 0.2) is 0 Å². The van der Waals surface area contributed by atoms with Crippen molar-refractivity contribution in [1.29, 1.82) is 0 Å². The van der Waals surface area contributed by atoms with Gasteiger partial charge in [-0.25, -0.2) is 0 Å². The first kappa shape index (κ1) is 57.2. The van der Waals surface area contributed by atoms with E-state index in [1.54, 1.807) is 0 Å². The summed E-state index contributed by atoms with van der Waals surface area (Å²) in [5, 5.41) is 2.47. The molecule has 0 aromatic heterocycles. The Bertz CT molecular complexity index is 4830. The summed E-state index contributed by atoms with van der Waals surface area (Å²) in [6, 6.07) is 142. The van der Waals surface area contributed by atoms with E-state index in [1.165, 1.54) is 38.6 Å². The SMILES string of the molecule is c1ccc(C(c2cccc(N(c3ccccc3)c3ccc(-c4ccc(N(c5ccccc5)c5ccccc5)cc4)cc3)c2)c2cccc(N(c3ccc(-c4ccc(N(c5ccccc5)c5ccccc5)cc4)cc3)c3ccc(-c4cccc5ccccc45)cc3)c2)cc1. The molecule has 0 N–H and O–H groups in total. The summed E-state index contributed by atoms with van der Waals surface area (Å²) >= 11 is 0. The number of fused-ring (bicyclic) bond motifs is 1. The van der Waals surface area contributed by atoms with Crippen LogP contribution in [-0.2, 0) is 0 Å². The zero-order chi connectivity index (χ0) is 62.1. The highest BCUT2D eigenvalue weighted by molar-refractivity contribution is 5.97. The van der Waals surface area contributed by atoms with Crippen LogP contribution >= 0.6 is 0 Å². The lowest BCUT2D eigenvalue weighted by atomic mass is 9.84. The van der Waals surface area contributed by atoms with E-state index in [9.17, 15) is 0 Å². The predicted octanol–water partition coefficient (Wildman–Crippen LogP) is 24.9. The molecule has 0 radical (unpaired) electrons. The molecule has 0 saturated carbocycles. The Balaban J connectivity index is 0.773. The Morgan fingerprint density at radius 3 is 0.742 bits per heavy atom. The Labute approximate surface area is 545 Å². The number of hydrogen-bond acceptors (Lipinski definition) is 4. The molecule has 1 atom stereocenters. The summed E-state index contributed by atoms with van der Waals surface area (Å²) in [4.78, 5) is 9.38. The fourth-order valence-electron chi connectivity index (χ4n) is 13.1. The summed E-state index contributed by atoms with van der Waals surface area (Å²) in [5.41, 5.74) is 23.6. The highest BCUT2D eigenvalue weighted by Crippen LogP contribution is 2.45. The summed E-state index contributed by atoms with van der Waals surface area (Å²) in [5.74, 6) is -0.102. The van der Waals surface area contributed by atoms with Gasteiger partial charge in [-0.1, -0.05) is 249 Å². The number of hydrogen-bond donors (Lipinski definition) is 0. The number of rotatable bonds is 18. The molecular weight excluding hydrogens is 1130 g/mol. The van der Waals surface area contributed by atoms with Gasteiger partial charge >= 0.3 is 0 Å². The van der Waals surface area contributed by atoms with Crippen molar-refractivity contribution in [2.45, 2.75) is 5.92 Å². The largest absolute Gasteiger partial charge is 0.311 e. The second-order valence-electron chi connectivity index (χ2n) is 23.3. The standard InChI is InChI=1S/C89H66N4/c1-7-25-72(26-8-1)89(73-28-21-40-85(64-73)92(79-38-17-6-18-39-79)82-58-48-68(49-59-82)66-44-54-80(55-45-66)90(75-30-9-2-10-31-75)76-32-11-3-12-33-76)74-29-22-41-86(65-74)93(84-62-52-71(53-63-84)88-43-23-27-70-24-19-20-42-87(70)88)83-60-50-69(51-61-83)67-46-56-81(57-47-67)91(77-34-13-4-14-35-77)78-36-15-5-16-37-78/h1-65,89H. The average molecular weight is 1190 g/mol. The first-order chi connectivity index (χ1) is 46.1. The molecule has 0 aliphatic carbocycles. The minimum Gasteiger partial charge on any atom is -0.311 e. The fraction of sp³-hybridized carbons (Fsp3) is 0.0112. The van der Waals surface area contributed by atoms with Crippen LogP contribution in [0.5, 0.6) is 0 Å². The summed E-state index contributed by atoms with van der Waals surface area (Å²) in [6.45, 7) is 0. The van der Waals surface area contributed by atoms with Crippen LogP contribution in [0.4, 0.5) is 68.2 Å². The van der Waals surface area contributed by atoms with E-state index in [0.717, 1.165) is 90.5 Å². The lowest BCUT2D eigenvalue weighted by Gasteiger charge is -2.29. The molecule has 442 valence electrons. The fourth-order valence-corrected chi connectivity index (χ4v) is 13.1.